The zero-order valence-electron chi connectivity index (χ0n) is 19.2. The third kappa shape index (κ3) is 5.95. The molecule has 0 bridgehead atoms. The van der Waals surface area contributed by atoms with Crippen LogP contribution in [-0.4, -0.2) is 46.7 Å². The molecule has 2 aromatic carbocycles. The van der Waals surface area contributed by atoms with Gasteiger partial charge in [-0.1, -0.05) is 13.8 Å². The van der Waals surface area contributed by atoms with Crippen LogP contribution in [0.1, 0.15) is 46.5 Å². The monoisotopic (exact) mass is 475 g/mol. The highest BCUT2D eigenvalue weighted by Gasteiger charge is 2.26. The van der Waals surface area contributed by atoms with Gasteiger partial charge in [-0.2, -0.15) is 0 Å². The number of hydrazine groups is 1. The molecule has 2 aromatic rings. The summed E-state index contributed by atoms with van der Waals surface area (Å²) in [6.07, 6.45) is 2.56. The van der Waals surface area contributed by atoms with Gasteiger partial charge in [0.1, 0.15) is 0 Å². The average molecular weight is 476 g/mol. The molecule has 0 fully saturated rings. The molecule has 1 aliphatic rings. The van der Waals surface area contributed by atoms with E-state index in [0.29, 0.717) is 53.8 Å². The number of anilines is 1. The number of nitrogens with one attached hydrogen (secondary N) is 2. The highest BCUT2D eigenvalue weighted by atomic mass is 32.2. The first-order valence-corrected chi connectivity index (χ1v) is 12.5. The van der Waals surface area contributed by atoms with Gasteiger partial charge in [0.2, 0.25) is 10.0 Å². The lowest BCUT2D eigenvalue weighted by atomic mass is 10.1. The van der Waals surface area contributed by atoms with Gasteiger partial charge in [0.25, 0.3) is 11.8 Å². The maximum absolute atomic E-state index is 12.5. The van der Waals surface area contributed by atoms with Crippen LogP contribution in [0.4, 0.5) is 5.69 Å². The van der Waals surface area contributed by atoms with E-state index in [1.54, 1.807) is 30.3 Å². The van der Waals surface area contributed by atoms with Gasteiger partial charge >= 0.3 is 0 Å². The minimum Gasteiger partial charge on any atom is -0.493 e. The van der Waals surface area contributed by atoms with E-state index in [9.17, 15) is 18.0 Å². The van der Waals surface area contributed by atoms with E-state index in [-0.39, 0.29) is 0 Å². The van der Waals surface area contributed by atoms with Gasteiger partial charge in [0.05, 0.1) is 25.7 Å². The Morgan fingerprint density at radius 2 is 1.67 bits per heavy atom. The van der Waals surface area contributed by atoms with Crippen molar-refractivity contribution in [1.29, 1.82) is 0 Å². The second kappa shape index (κ2) is 10.1. The quantitative estimate of drug-likeness (QED) is 0.567. The van der Waals surface area contributed by atoms with Crippen LogP contribution < -0.4 is 24.6 Å². The minimum atomic E-state index is -3.36. The number of fused-ring (bicyclic) bond motifs is 1. The molecule has 1 aliphatic heterocycles. The summed E-state index contributed by atoms with van der Waals surface area (Å²) in [6.45, 7) is 5.10. The van der Waals surface area contributed by atoms with E-state index >= 15 is 0 Å². The SMILES string of the molecule is COc1cc(C(=O)NNC(=O)c2ccc3c(c2)CCN3S(C)(=O)=O)ccc1OCCC(C)C. The smallest absolute Gasteiger partial charge is 0.269 e. The van der Waals surface area contributed by atoms with E-state index in [4.69, 9.17) is 9.47 Å². The first kappa shape index (κ1) is 24.4. The normalized spacial score (nSPS) is 12.9. The van der Waals surface area contributed by atoms with Crippen molar-refractivity contribution in [3.63, 3.8) is 0 Å². The summed E-state index contributed by atoms with van der Waals surface area (Å²) in [5, 5.41) is 0. The highest BCUT2D eigenvalue weighted by Crippen LogP contribution is 2.31. The molecule has 10 heteroatoms. The Balaban J connectivity index is 1.62. The third-order valence-electron chi connectivity index (χ3n) is 5.26. The lowest BCUT2D eigenvalue weighted by Crippen LogP contribution is -2.41. The molecule has 2 amide bonds. The molecule has 0 radical (unpaired) electrons. The van der Waals surface area contributed by atoms with Crippen molar-refractivity contribution in [1.82, 2.24) is 10.9 Å². The van der Waals surface area contributed by atoms with Crippen LogP contribution >= 0.6 is 0 Å². The fourth-order valence-electron chi connectivity index (χ4n) is 3.45. The van der Waals surface area contributed by atoms with Crippen molar-refractivity contribution >= 4 is 27.5 Å². The first-order valence-electron chi connectivity index (χ1n) is 10.6. The van der Waals surface area contributed by atoms with Crippen LogP contribution in [0.25, 0.3) is 0 Å². The van der Waals surface area contributed by atoms with Gasteiger partial charge in [-0.3, -0.25) is 24.7 Å². The largest absolute Gasteiger partial charge is 0.493 e. The fraction of sp³-hybridized carbons (Fsp3) is 0.391. The minimum absolute atomic E-state index is 0.293. The maximum Gasteiger partial charge on any atom is 0.269 e. The van der Waals surface area contributed by atoms with Crippen molar-refractivity contribution in [2.75, 3.05) is 30.8 Å². The number of rotatable bonds is 8. The summed E-state index contributed by atoms with van der Waals surface area (Å²) in [4.78, 5) is 25.0. The Morgan fingerprint density at radius 3 is 2.27 bits per heavy atom. The predicted octanol–water partition coefficient (Wildman–Crippen LogP) is 2.52. The van der Waals surface area contributed by atoms with Crippen LogP contribution in [0, 0.1) is 5.92 Å². The molecule has 0 aliphatic carbocycles. The standard InChI is InChI=1S/C23H29N3O6S/c1-15(2)10-12-32-20-8-6-18(14-21(20)31-3)23(28)25-24-22(27)17-5-7-19-16(13-17)9-11-26(19)33(4,29)30/h5-8,13-15H,9-12H2,1-4H3,(H,24,27)(H,25,28). The lowest BCUT2D eigenvalue weighted by Gasteiger charge is -2.16. The molecule has 33 heavy (non-hydrogen) atoms. The lowest BCUT2D eigenvalue weighted by molar-refractivity contribution is 0.0846. The van der Waals surface area contributed by atoms with Crippen molar-refractivity contribution in [2.45, 2.75) is 26.7 Å². The van der Waals surface area contributed by atoms with Gasteiger partial charge < -0.3 is 9.47 Å². The van der Waals surface area contributed by atoms with Crippen molar-refractivity contribution in [2.24, 2.45) is 5.92 Å². The Bertz CT molecular complexity index is 1150. The Kier molecular flexibility index (Phi) is 7.47. The first-order chi connectivity index (χ1) is 15.6. The topological polar surface area (TPSA) is 114 Å². The number of carbonyl (C=O) groups excluding carboxylic acids is 2. The van der Waals surface area contributed by atoms with Crippen molar-refractivity contribution in [3.8, 4) is 11.5 Å². The highest BCUT2D eigenvalue weighted by molar-refractivity contribution is 7.92. The molecule has 0 atom stereocenters. The van der Waals surface area contributed by atoms with Crippen LogP contribution in [0.5, 0.6) is 11.5 Å². The summed E-state index contributed by atoms with van der Waals surface area (Å²) < 4.78 is 36.1. The van der Waals surface area contributed by atoms with Crippen LogP contribution in [0.15, 0.2) is 36.4 Å². The van der Waals surface area contributed by atoms with E-state index in [0.717, 1.165) is 18.2 Å². The molecule has 0 spiro atoms. The molecular formula is C23H29N3O6S. The summed E-state index contributed by atoms with van der Waals surface area (Å²) >= 11 is 0. The Labute approximate surface area is 194 Å². The summed E-state index contributed by atoms with van der Waals surface area (Å²) in [5.74, 6) is 0.449. The van der Waals surface area contributed by atoms with E-state index in [1.165, 1.54) is 17.5 Å². The van der Waals surface area contributed by atoms with Crippen LogP contribution in [0.2, 0.25) is 0 Å². The predicted molar refractivity (Wildman–Crippen MR) is 125 cm³/mol. The summed E-state index contributed by atoms with van der Waals surface area (Å²) in [6, 6.07) is 9.54. The van der Waals surface area contributed by atoms with Gasteiger partial charge in [-0.15, -0.1) is 0 Å². The molecule has 178 valence electrons. The van der Waals surface area contributed by atoms with Crippen LogP contribution in [-0.2, 0) is 16.4 Å². The van der Waals surface area contributed by atoms with E-state index in [1.807, 2.05) is 0 Å². The Hall–Kier alpha value is -3.27. The zero-order valence-corrected chi connectivity index (χ0v) is 20.0. The Morgan fingerprint density at radius 1 is 1.03 bits per heavy atom. The molecule has 0 aromatic heterocycles. The van der Waals surface area contributed by atoms with Gasteiger partial charge in [0.15, 0.2) is 11.5 Å². The number of nitrogens with zero attached hydrogens (tertiary/aromatic N) is 1. The fourth-order valence-corrected chi connectivity index (χ4v) is 4.41. The molecule has 0 saturated carbocycles. The maximum atomic E-state index is 12.5. The molecule has 9 nitrogen and oxygen atoms in total. The van der Waals surface area contributed by atoms with E-state index < -0.39 is 21.8 Å². The number of amides is 2. The van der Waals surface area contributed by atoms with Crippen molar-refractivity contribution < 1.29 is 27.5 Å². The molecule has 0 unspecified atom stereocenters. The second-order valence-corrected chi connectivity index (χ2v) is 10.1. The number of carbonyl (C=O) groups is 2. The molecule has 2 N–H and O–H groups in total. The molecule has 3 rings (SSSR count). The van der Waals surface area contributed by atoms with Crippen LogP contribution in [0.3, 0.4) is 0 Å². The van der Waals surface area contributed by atoms with Gasteiger partial charge in [-0.25, -0.2) is 8.42 Å². The average Bonchev–Trinajstić information content (AvgIpc) is 3.21. The van der Waals surface area contributed by atoms with Gasteiger partial charge in [-0.05, 0) is 60.7 Å². The number of hydrogen-bond donors (Lipinski definition) is 2. The van der Waals surface area contributed by atoms with E-state index in [2.05, 4.69) is 24.7 Å². The number of sulfonamides is 1. The third-order valence-corrected chi connectivity index (χ3v) is 6.44. The number of methoxy groups -OCH3 is 1. The van der Waals surface area contributed by atoms with Gasteiger partial charge in [0, 0.05) is 17.7 Å². The molecule has 0 saturated heterocycles. The second-order valence-electron chi connectivity index (χ2n) is 8.23. The summed E-state index contributed by atoms with van der Waals surface area (Å²) in [5.41, 5.74) is 6.71. The van der Waals surface area contributed by atoms with Crippen molar-refractivity contribution in [3.05, 3.63) is 53.1 Å². The molecular weight excluding hydrogens is 446 g/mol. The number of hydrogen-bond acceptors (Lipinski definition) is 6. The summed E-state index contributed by atoms with van der Waals surface area (Å²) in [7, 11) is -1.87. The number of benzene rings is 2. The molecule has 1 heterocycles. The zero-order chi connectivity index (χ0) is 24.2. The number of ether oxygens (including phenoxy) is 2.